The normalized spacial score (nSPS) is 28.9. The van der Waals surface area contributed by atoms with Crippen LogP contribution in [0.15, 0.2) is 42.5 Å². The lowest BCUT2D eigenvalue weighted by atomic mass is 9.42. The molecule has 0 saturated heterocycles. The molecule has 2 aromatic carbocycles. The number of esters is 1. The van der Waals surface area contributed by atoms with E-state index in [4.69, 9.17) is 4.74 Å². The van der Waals surface area contributed by atoms with Crippen molar-refractivity contribution in [1.82, 2.24) is 0 Å². The molecule has 2 fully saturated rings. The Morgan fingerprint density at radius 1 is 1.18 bits per heavy atom. The minimum Gasteiger partial charge on any atom is -0.467 e. The van der Waals surface area contributed by atoms with Crippen molar-refractivity contribution in [3.8, 4) is 0 Å². The first kappa shape index (κ1) is 13.7. The lowest BCUT2D eigenvalue weighted by Gasteiger charge is -2.62. The first-order valence-electron chi connectivity index (χ1n) is 7.85. The fourth-order valence-electron chi connectivity index (χ4n) is 4.53. The van der Waals surface area contributed by atoms with E-state index in [1.807, 2.05) is 42.5 Å². The highest BCUT2D eigenvalue weighted by molar-refractivity contribution is 5.86. The highest BCUT2D eigenvalue weighted by Crippen LogP contribution is 2.70. The molecule has 2 aromatic rings. The van der Waals surface area contributed by atoms with Gasteiger partial charge in [0, 0.05) is 5.92 Å². The molecule has 0 aliphatic heterocycles. The van der Waals surface area contributed by atoms with Gasteiger partial charge in [-0.15, -0.1) is 0 Å². The first-order chi connectivity index (χ1) is 10.6. The van der Waals surface area contributed by atoms with Crippen LogP contribution in [-0.4, -0.2) is 18.7 Å². The van der Waals surface area contributed by atoms with Gasteiger partial charge in [0.1, 0.15) is 0 Å². The van der Waals surface area contributed by atoms with E-state index >= 15 is 4.39 Å². The molecule has 0 amide bonds. The van der Waals surface area contributed by atoms with Crippen LogP contribution in [0.2, 0.25) is 0 Å². The van der Waals surface area contributed by atoms with Crippen molar-refractivity contribution in [3.63, 3.8) is 0 Å². The van der Waals surface area contributed by atoms with Crippen molar-refractivity contribution in [1.29, 1.82) is 0 Å². The van der Waals surface area contributed by atoms with E-state index in [9.17, 15) is 4.79 Å². The van der Waals surface area contributed by atoms with Crippen molar-refractivity contribution in [2.45, 2.75) is 37.3 Å². The summed E-state index contributed by atoms with van der Waals surface area (Å²) in [7, 11) is 1.27. The minimum atomic E-state index is -1.86. The first-order valence-corrected chi connectivity index (χ1v) is 7.85. The van der Waals surface area contributed by atoms with Crippen molar-refractivity contribution in [2.75, 3.05) is 7.11 Å². The Morgan fingerprint density at radius 2 is 1.91 bits per heavy atom. The Labute approximate surface area is 129 Å². The lowest BCUT2D eigenvalue weighted by molar-refractivity contribution is -0.192. The van der Waals surface area contributed by atoms with Gasteiger partial charge in [-0.3, -0.25) is 0 Å². The Balaban J connectivity index is 1.80. The van der Waals surface area contributed by atoms with Crippen LogP contribution in [0.4, 0.5) is 4.39 Å². The molecule has 0 radical (unpaired) electrons. The SMILES string of the molecule is COC(=O)C1(F)CC2(CCC2)C1c1ccc2ccccc2c1. The second kappa shape index (κ2) is 4.55. The second-order valence-electron chi connectivity index (χ2n) is 6.79. The van der Waals surface area contributed by atoms with Crippen molar-refractivity contribution >= 4 is 16.7 Å². The molecule has 1 spiro atoms. The zero-order valence-corrected chi connectivity index (χ0v) is 12.6. The molecule has 0 bridgehead atoms. The molecule has 0 N–H and O–H groups in total. The van der Waals surface area contributed by atoms with Gasteiger partial charge in [-0.1, -0.05) is 48.9 Å². The quantitative estimate of drug-likeness (QED) is 0.769. The van der Waals surface area contributed by atoms with Crippen LogP contribution in [0.3, 0.4) is 0 Å². The third-order valence-electron chi connectivity index (χ3n) is 5.66. The van der Waals surface area contributed by atoms with Gasteiger partial charge < -0.3 is 4.74 Å². The van der Waals surface area contributed by atoms with Crippen molar-refractivity contribution in [3.05, 3.63) is 48.0 Å². The molecule has 2 atom stereocenters. The summed E-state index contributed by atoms with van der Waals surface area (Å²) < 4.78 is 20.0. The van der Waals surface area contributed by atoms with Crippen LogP contribution < -0.4 is 0 Å². The smallest absolute Gasteiger partial charge is 0.344 e. The van der Waals surface area contributed by atoms with Crippen LogP contribution in [0.1, 0.15) is 37.2 Å². The molecule has 2 aliphatic carbocycles. The molecule has 2 nitrogen and oxygen atoms in total. The van der Waals surface area contributed by atoms with E-state index in [1.54, 1.807) is 0 Å². The van der Waals surface area contributed by atoms with Gasteiger partial charge in [0.15, 0.2) is 0 Å². The number of carbonyl (C=O) groups is 1. The Morgan fingerprint density at radius 3 is 2.55 bits per heavy atom. The summed E-state index contributed by atoms with van der Waals surface area (Å²) in [5.74, 6) is -1.09. The number of rotatable bonds is 2. The van der Waals surface area contributed by atoms with Crippen LogP contribution in [0.5, 0.6) is 0 Å². The van der Waals surface area contributed by atoms with Crippen LogP contribution in [0, 0.1) is 5.41 Å². The standard InChI is InChI=1S/C19H19FO2/c1-22-17(21)19(20)12-18(9-4-10-18)16(19)15-8-7-13-5-2-3-6-14(13)11-15/h2-3,5-8,11,16H,4,9-10,12H2,1H3. The molecule has 2 aliphatic rings. The summed E-state index contributed by atoms with van der Waals surface area (Å²) >= 11 is 0. The van der Waals surface area contributed by atoms with Gasteiger partial charge in [0.25, 0.3) is 0 Å². The van der Waals surface area contributed by atoms with E-state index in [2.05, 4.69) is 0 Å². The molecule has 4 rings (SSSR count). The average molecular weight is 298 g/mol. The van der Waals surface area contributed by atoms with Gasteiger partial charge in [-0.05, 0) is 41.0 Å². The molecule has 114 valence electrons. The lowest BCUT2D eigenvalue weighted by Crippen LogP contribution is -2.63. The van der Waals surface area contributed by atoms with E-state index in [1.165, 1.54) is 7.11 Å². The number of hydrogen-bond acceptors (Lipinski definition) is 2. The molecule has 22 heavy (non-hydrogen) atoms. The second-order valence-corrected chi connectivity index (χ2v) is 6.79. The van der Waals surface area contributed by atoms with E-state index in [-0.39, 0.29) is 11.3 Å². The molecule has 2 saturated carbocycles. The molecule has 0 aromatic heterocycles. The zero-order valence-electron chi connectivity index (χ0n) is 12.6. The summed E-state index contributed by atoms with van der Waals surface area (Å²) in [5, 5.41) is 2.23. The van der Waals surface area contributed by atoms with Gasteiger partial charge in [-0.25, -0.2) is 9.18 Å². The van der Waals surface area contributed by atoms with Crippen LogP contribution in [0.25, 0.3) is 10.8 Å². The number of carbonyl (C=O) groups excluding carboxylic acids is 1. The molecule has 3 heteroatoms. The molecule has 2 unspecified atom stereocenters. The number of fused-ring (bicyclic) bond motifs is 1. The number of hydrogen-bond donors (Lipinski definition) is 0. The topological polar surface area (TPSA) is 26.3 Å². The molecule has 0 heterocycles. The van der Waals surface area contributed by atoms with Crippen LogP contribution in [-0.2, 0) is 9.53 Å². The van der Waals surface area contributed by atoms with Gasteiger partial charge in [-0.2, -0.15) is 0 Å². The summed E-state index contributed by atoms with van der Waals surface area (Å²) in [5.41, 5.74) is -0.971. The van der Waals surface area contributed by atoms with E-state index in [0.29, 0.717) is 6.42 Å². The monoisotopic (exact) mass is 298 g/mol. The molecular weight excluding hydrogens is 279 g/mol. The Hall–Kier alpha value is -1.90. The Kier molecular flexibility index (Phi) is 2.84. The number of benzene rings is 2. The van der Waals surface area contributed by atoms with E-state index in [0.717, 1.165) is 35.6 Å². The van der Waals surface area contributed by atoms with Gasteiger partial charge in [0.05, 0.1) is 7.11 Å². The maximum atomic E-state index is 15.3. The largest absolute Gasteiger partial charge is 0.467 e. The van der Waals surface area contributed by atoms with Gasteiger partial charge in [0.2, 0.25) is 5.67 Å². The maximum absolute atomic E-state index is 15.3. The van der Waals surface area contributed by atoms with Crippen LogP contribution >= 0.6 is 0 Å². The third kappa shape index (κ3) is 1.68. The highest BCUT2D eigenvalue weighted by Gasteiger charge is 2.70. The van der Waals surface area contributed by atoms with Gasteiger partial charge >= 0.3 is 5.97 Å². The third-order valence-corrected chi connectivity index (χ3v) is 5.66. The fourth-order valence-corrected chi connectivity index (χ4v) is 4.53. The number of methoxy groups -OCH3 is 1. The van der Waals surface area contributed by atoms with Crippen molar-refractivity contribution < 1.29 is 13.9 Å². The number of alkyl halides is 1. The predicted octanol–water partition coefficient (Wildman–Crippen LogP) is 4.38. The average Bonchev–Trinajstić information content (AvgIpc) is 2.49. The maximum Gasteiger partial charge on any atom is 0.344 e. The predicted molar refractivity (Wildman–Crippen MR) is 83.4 cm³/mol. The number of ether oxygens (including phenoxy) is 1. The fraction of sp³-hybridized carbons (Fsp3) is 0.421. The zero-order chi connectivity index (χ0) is 15.4. The molecular formula is C19H19FO2. The highest BCUT2D eigenvalue weighted by atomic mass is 19.1. The Bertz CT molecular complexity index is 750. The summed E-state index contributed by atoms with van der Waals surface area (Å²) in [6.07, 6.45) is 3.45. The minimum absolute atomic E-state index is 0.0363. The summed E-state index contributed by atoms with van der Waals surface area (Å²) in [6.45, 7) is 0. The number of halogens is 1. The summed E-state index contributed by atoms with van der Waals surface area (Å²) in [6, 6.07) is 14.1. The van der Waals surface area contributed by atoms with E-state index < -0.39 is 11.6 Å². The summed E-state index contributed by atoms with van der Waals surface area (Å²) in [4.78, 5) is 12.0. The van der Waals surface area contributed by atoms with Crippen molar-refractivity contribution in [2.24, 2.45) is 5.41 Å².